The summed E-state index contributed by atoms with van der Waals surface area (Å²) < 4.78 is 5.31. The summed E-state index contributed by atoms with van der Waals surface area (Å²) in [6.07, 6.45) is 1.89. The van der Waals surface area contributed by atoms with E-state index in [1.54, 1.807) is 31.4 Å². The highest BCUT2D eigenvalue weighted by atomic mass is 16.5. The summed E-state index contributed by atoms with van der Waals surface area (Å²) in [5.74, 6) is 0.775. The van der Waals surface area contributed by atoms with Gasteiger partial charge in [0, 0.05) is 23.7 Å². The topological polar surface area (TPSA) is 70.7 Å². The Hall–Kier alpha value is -2.86. The standard InChI is InChI=1S/C22H27N3O3/c1-25(2)20(16-6-5-9-19(13-16)28-3)14-23-21(26)17-7-4-8-18(12-17)24-22(27)15-10-11-15/h4-9,12-13,15,20H,10-11,14H2,1-3H3,(H,23,26)(H,24,27). The third kappa shape index (κ3) is 5.10. The Morgan fingerprint density at radius 1 is 1.14 bits per heavy atom. The lowest BCUT2D eigenvalue weighted by Crippen LogP contribution is -2.34. The molecule has 0 saturated heterocycles. The molecule has 148 valence electrons. The van der Waals surface area contributed by atoms with Crippen molar-refractivity contribution < 1.29 is 14.3 Å². The summed E-state index contributed by atoms with van der Waals surface area (Å²) in [4.78, 5) is 26.6. The second-order valence-corrected chi connectivity index (χ2v) is 7.31. The van der Waals surface area contributed by atoms with Crippen LogP contribution in [0.3, 0.4) is 0 Å². The molecule has 3 rings (SSSR count). The molecular formula is C22H27N3O3. The van der Waals surface area contributed by atoms with E-state index in [-0.39, 0.29) is 23.8 Å². The molecule has 1 atom stereocenters. The van der Waals surface area contributed by atoms with E-state index in [1.165, 1.54) is 0 Å². The van der Waals surface area contributed by atoms with Gasteiger partial charge in [0.15, 0.2) is 0 Å². The van der Waals surface area contributed by atoms with Crippen molar-refractivity contribution in [2.45, 2.75) is 18.9 Å². The molecule has 2 amide bonds. The molecule has 2 aromatic rings. The molecule has 0 aromatic heterocycles. The number of hydrogen-bond donors (Lipinski definition) is 2. The summed E-state index contributed by atoms with van der Waals surface area (Å²) >= 11 is 0. The van der Waals surface area contributed by atoms with Crippen molar-refractivity contribution in [3.05, 3.63) is 59.7 Å². The number of nitrogens with zero attached hydrogens (tertiary/aromatic N) is 1. The summed E-state index contributed by atoms with van der Waals surface area (Å²) in [5.41, 5.74) is 2.24. The van der Waals surface area contributed by atoms with E-state index in [0.29, 0.717) is 17.8 Å². The zero-order chi connectivity index (χ0) is 20.1. The Bertz CT molecular complexity index is 846. The van der Waals surface area contributed by atoms with E-state index in [1.807, 2.05) is 38.4 Å². The van der Waals surface area contributed by atoms with Gasteiger partial charge in [-0.3, -0.25) is 9.59 Å². The fourth-order valence-corrected chi connectivity index (χ4v) is 3.07. The van der Waals surface area contributed by atoms with Crippen LogP contribution in [0.1, 0.15) is 34.8 Å². The van der Waals surface area contributed by atoms with Gasteiger partial charge >= 0.3 is 0 Å². The number of carbonyl (C=O) groups excluding carboxylic acids is 2. The second kappa shape index (κ2) is 8.89. The SMILES string of the molecule is COc1cccc(C(CNC(=O)c2cccc(NC(=O)C3CC3)c2)N(C)C)c1. The molecule has 0 aliphatic heterocycles. The maximum Gasteiger partial charge on any atom is 0.251 e. The van der Waals surface area contributed by atoms with Crippen LogP contribution in [0, 0.1) is 5.92 Å². The highest BCUT2D eigenvalue weighted by Crippen LogP contribution is 2.30. The number of carbonyl (C=O) groups is 2. The number of ether oxygens (including phenoxy) is 1. The van der Waals surface area contributed by atoms with Crippen LogP contribution in [-0.2, 0) is 4.79 Å². The van der Waals surface area contributed by atoms with Crippen LogP contribution in [0.25, 0.3) is 0 Å². The predicted molar refractivity (Wildman–Crippen MR) is 110 cm³/mol. The summed E-state index contributed by atoms with van der Waals surface area (Å²) in [6, 6.07) is 14.9. The van der Waals surface area contributed by atoms with Gasteiger partial charge in [-0.05, 0) is 62.8 Å². The Balaban J connectivity index is 1.65. The van der Waals surface area contributed by atoms with Gasteiger partial charge in [-0.2, -0.15) is 0 Å². The molecule has 28 heavy (non-hydrogen) atoms. The number of benzene rings is 2. The third-order valence-corrected chi connectivity index (χ3v) is 4.90. The molecular weight excluding hydrogens is 354 g/mol. The summed E-state index contributed by atoms with van der Waals surface area (Å²) in [6.45, 7) is 0.456. The van der Waals surface area contributed by atoms with Crippen molar-refractivity contribution in [1.82, 2.24) is 10.2 Å². The van der Waals surface area contributed by atoms with Crippen LogP contribution in [0.15, 0.2) is 48.5 Å². The smallest absolute Gasteiger partial charge is 0.251 e. The molecule has 1 fully saturated rings. The third-order valence-electron chi connectivity index (χ3n) is 4.90. The normalized spacial score (nSPS) is 14.4. The van der Waals surface area contributed by atoms with Crippen molar-refractivity contribution in [2.75, 3.05) is 33.1 Å². The van der Waals surface area contributed by atoms with Crippen molar-refractivity contribution in [2.24, 2.45) is 5.92 Å². The lowest BCUT2D eigenvalue weighted by atomic mass is 10.1. The molecule has 1 aliphatic carbocycles. The minimum Gasteiger partial charge on any atom is -0.497 e. The Morgan fingerprint density at radius 2 is 1.89 bits per heavy atom. The van der Waals surface area contributed by atoms with E-state index >= 15 is 0 Å². The molecule has 0 radical (unpaired) electrons. The van der Waals surface area contributed by atoms with E-state index in [2.05, 4.69) is 15.5 Å². The van der Waals surface area contributed by atoms with Crippen LogP contribution >= 0.6 is 0 Å². The molecule has 0 bridgehead atoms. The highest BCUT2D eigenvalue weighted by Gasteiger charge is 2.29. The van der Waals surface area contributed by atoms with Crippen molar-refractivity contribution in [3.63, 3.8) is 0 Å². The van der Waals surface area contributed by atoms with E-state index in [4.69, 9.17) is 4.74 Å². The van der Waals surface area contributed by atoms with Gasteiger partial charge in [-0.15, -0.1) is 0 Å². The fourth-order valence-electron chi connectivity index (χ4n) is 3.07. The van der Waals surface area contributed by atoms with Crippen LogP contribution in [-0.4, -0.2) is 44.5 Å². The molecule has 0 spiro atoms. The lowest BCUT2D eigenvalue weighted by Gasteiger charge is -2.25. The number of methoxy groups -OCH3 is 1. The molecule has 6 heteroatoms. The summed E-state index contributed by atoms with van der Waals surface area (Å²) in [7, 11) is 5.59. The first-order valence-corrected chi connectivity index (χ1v) is 9.47. The number of likely N-dealkylation sites (N-methyl/N-ethyl adjacent to an activating group) is 1. The Morgan fingerprint density at radius 3 is 2.57 bits per heavy atom. The lowest BCUT2D eigenvalue weighted by molar-refractivity contribution is -0.117. The van der Waals surface area contributed by atoms with Crippen molar-refractivity contribution in [1.29, 1.82) is 0 Å². The number of nitrogens with one attached hydrogen (secondary N) is 2. The number of amides is 2. The molecule has 2 aromatic carbocycles. The molecule has 6 nitrogen and oxygen atoms in total. The molecule has 1 saturated carbocycles. The zero-order valence-corrected chi connectivity index (χ0v) is 16.6. The molecule has 0 heterocycles. The van der Waals surface area contributed by atoms with Crippen LogP contribution in [0.5, 0.6) is 5.75 Å². The first-order chi connectivity index (χ1) is 13.5. The minimum absolute atomic E-state index is 0.0109. The number of rotatable bonds is 8. The quantitative estimate of drug-likeness (QED) is 0.737. The molecule has 1 aliphatic rings. The largest absolute Gasteiger partial charge is 0.497 e. The van der Waals surface area contributed by atoms with Gasteiger partial charge < -0.3 is 20.3 Å². The fraction of sp³-hybridized carbons (Fsp3) is 0.364. The highest BCUT2D eigenvalue weighted by molar-refractivity contribution is 5.98. The van der Waals surface area contributed by atoms with E-state index in [0.717, 1.165) is 24.2 Å². The van der Waals surface area contributed by atoms with Crippen LogP contribution in [0.2, 0.25) is 0 Å². The first kappa shape index (κ1) is 19.9. The van der Waals surface area contributed by atoms with Gasteiger partial charge in [0.05, 0.1) is 13.2 Å². The zero-order valence-electron chi connectivity index (χ0n) is 16.6. The Kier molecular flexibility index (Phi) is 6.31. The summed E-state index contributed by atoms with van der Waals surface area (Å²) in [5, 5.41) is 5.88. The number of hydrogen-bond acceptors (Lipinski definition) is 4. The van der Waals surface area contributed by atoms with Crippen LogP contribution in [0.4, 0.5) is 5.69 Å². The van der Waals surface area contributed by atoms with E-state index in [9.17, 15) is 9.59 Å². The van der Waals surface area contributed by atoms with Gasteiger partial charge in [-0.25, -0.2) is 0 Å². The van der Waals surface area contributed by atoms with Crippen molar-refractivity contribution in [3.8, 4) is 5.75 Å². The second-order valence-electron chi connectivity index (χ2n) is 7.31. The van der Waals surface area contributed by atoms with Gasteiger partial charge in [0.25, 0.3) is 5.91 Å². The molecule has 2 N–H and O–H groups in total. The maximum atomic E-state index is 12.6. The van der Waals surface area contributed by atoms with Gasteiger partial charge in [0.1, 0.15) is 5.75 Å². The van der Waals surface area contributed by atoms with Gasteiger partial charge in [0.2, 0.25) is 5.91 Å². The Labute approximate surface area is 165 Å². The average molecular weight is 381 g/mol. The minimum atomic E-state index is -0.169. The average Bonchev–Trinajstić information content (AvgIpc) is 3.53. The van der Waals surface area contributed by atoms with E-state index < -0.39 is 0 Å². The maximum absolute atomic E-state index is 12.6. The predicted octanol–water partition coefficient (Wildman–Crippen LogP) is 3.08. The number of anilines is 1. The van der Waals surface area contributed by atoms with Gasteiger partial charge in [-0.1, -0.05) is 18.2 Å². The first-order valence-electron chi connectivity index (χ1n) is 9.47. The monoisotopic (exact) mass is 381 g/mol. The van der Waals surface area contributed by atoms with Crippen molar-refractivity contribution >= 4 is 17.5 Å². The molecule has 1 unspecified atom stereocenters. The van der Waals surface area contributed by atoms with Crippen LogP contribution < -0.4 is 15.4 Å².